The van der Waals surface area contributed by atoms with E-state index in [0.29, 0.717) is 36.1 Å². The second-order valence-electron chi connectivity index (χ2n) is 7.11. The molecule has 0 unspecified atom stereocenters. The third kappa shape index (κ3) is 4.28. The highest BCUT2D eigenvalue weighted by Crippen LogP contribution is 2.32. The first-order chi connectivity index (χ1) is 13.9. The summed E-state index contributed by atoms with van der Waals surface area (Å²) in [5.41, 5.74) is -0.136. The number of carbonyl (C=O) groups excluding carboxylic acids is 3. The van der Waals surface area contributed by atoms with Crippen molar-refractivity contribution in [3.05, 3.63) is 51.6 Å². The average Bonchev–Trinajstić information content (AvgIpc) is 3.47. The molecular formula is C20H19ClFN3O3S. The number of amides is 3. The maximum atomic E-state index is 14.0. The number of benzene rings is 1. The minimum atomic E-state index is -0.652. The molecule has 2 aliphatic rings. The molecule has 6 nitrogen and oxygen atoms in total. The van der Waals surface area contributed by atoms with Crippen LogP contribution in [0.3, 0.4) is 0 Å². The zero-order valence-electron chi connectivity index (χ0n) is 15.5. The van der Waals surface area contributed by atoms with Gasteiger partial charge in [0.05, 0.1) is 20.5 Å². The van der Waals surface area contributed by atoms with Crippen molar-refractivity contribution < 1.29 is 18.8 Å². The van der Waals surface area contributed by atoms with Crippen molar-refractivity contribution in [1.29, 1.82) is 0 Å². The summed E-state index contributed by atoms with van der Waals surface area (Å²) in [6.07, 6.45) is 1.84. The fourth-order valence-electron chi connectivity index (χ4n) is 3.22. The molecule has 1 aliphatic carbocycles. The van der Waals surface area contributed by atoms with E-state index < -0.39 is 11.7 Å². The molecule has 9 heteroatoms. The lowest BCUT2D eigenvalue weighted by Crippen LogP contribution is -2.50. The molecule has 0 bridgehead atoms. The van der Waals surface area contributed by atoms with Crippen molar-refractivity contribution in [2.75, 3.05) is 31.5 Å². The van der Waals surface area contributed by atoms with Crippen LogP contribution in [0.4, 0.5) is 9.39 Å². The maximum Gasteiger partial charge on any atom is 0.264 e. The summed E-state index contributed by atoms with van der Waals surface area (Å²) in [5, 5.41) is 3.58. The minimum Gasteiger partial charge on any atom is -0.335 e. The van der Waals surface area contributed by atoms with Gasteiger partial charge in [-0.2, -0.15) is 0 Å². The molecular weight excluding hydrogens is 417 g/mol. The highest BCUT2D eigenvalue weighted by Gasteiger charge is 2.31. The van der Waals surface area contributed by atoms with Crippen molar-refractivity contribution in [3.8, 4) is 0 Å². The van der Waals surface area contributed by atoms with Gasteiger partial charge in [-0.1, -0.05) is 17.7 Å². The van der Waals surface area contributed by atoms with Gasteiger partial charge in [-0.05, 0) is 37.1 Å². The molecule has 1 saturated carbocycles. The summed E-state index contributed by atoms with van der Waals surface area (Å²) in [5.74, 6) is -1.16. The van der Waals surface area contributed by atoms with Gasteiger partial charge in [0, 0.05) is 32.1 Å². The van der Waals surface area contributed by atoms with Gasteiger partial charge in [-0.25, -0.2) is 4.39 Å². The summed E-state index contributed by atoms with van der Waals surface area (Å²) in [7, 11) is 0. The molecule has 152 valence electrons. The van der Waals surface area contributed by atoms with E-state index in [1.807, 2.05) is 0 Å². The maximum absolute atomic E-state index is 14.0. The SMILES string of the molecule is O=C(Nc1ccc(C(=O)N2CCN(C(=O)c3c(F)cccc3Cl)CC2)s1)C1CC1. The Hall–Kier alpha value is -2.45. The van der Waals surface area contributed by atoms with E-state index in [1.54, 1.807) is 17.0 Å². The van der Waals surface area contributed by atoms with Crippen LogP contribution in [0, 0.1) is 11.7 Å². The molecule has 1 aliphatic heterocycles. The van der Waals surface area contributed by atoms with Crippen molar-refractivity contribution in [2.24, 2.45) is 5.92 Å². The predicted octanol–water partition coefficient (Wildman–Crippen LogP) is 3.49. The summed E-state index contributed by atoms with van der Waals surface area (Å²) in [6.45, 7) is 1.29. The standard InChI is InChI=1S/C20H19ClFN3O3S/c21-13-2-1-3-14(22)17(13)20(28)25-10-8-24(9-11-25)19(27)15-6-7-16(29-15)23-18(26)12-4-5-12/h1-3,6-7,12H,4-5,8-11H2,(H,23,26). The molecule has 1 aromatic heterocycles. The van der Waals surface area contributed by atoms with E-state index in [0.717, 1.165) is 12.8 Å². The number of piperazine rings is 1. The zero-order chi connectivity index (χ0) is 20.5. The number of hydrogen-bond acceptors (Lipinski definition) is 4. The Bertz CT molecular complexity index is 947. The Balaban J connectivity index is 1.35. The normalized spacial score (nSPS) is 16.6. The third-order valence-corrected chi connectivity index (χ3v) is 6.35. The molecule has 0 spiro atoms. The number of nitrogens with zero attached hydrogens (tertiary/aromatic N) is 2. The van der Waals surface area contributed by atoms with Crippen LogP contribution in [0.25, 0.3) is 0 Å². The van der Waals surface area contributed by atoms with Gasteiger partial charge >= 0.3 is 0 Å². The van der Waals surface area contributed by atoms with Crippen LogP contribution in [0.5, 0.6) is 0 Å². The molecule has 2 heterocycles. The molecule has 0 radical (unpaired) electrons. The topological polar surface area (TPSA) is 69.7 Å². The van der Waals surface area contributed by atoms with Crippen molar-refractivity contribution >= 4 is 45.7 Å². The van der Waals surface area contributed by atoms with Crippen LogP contribution in [-0.4, -0.2) is 53.7 Å². The fourth-order valence-corrected chi connectivity index (χ4v) is 4.34. The lowest BCUT2D eigenvalue weighted by Gasteiger charge is -2.34. The Morgan fingerprint density at radius 2 is 1.66 bits per heavy atom. The van der Waals surface area contributed by atoms with E-state index in [9.17, 15) is 18.8 Å². The molecule has 1 saturated heterocycles. The van der Waals surface area contributed by atoms with Crippen molar-refractivity contribution in [3.63, 3.8) is 0 Å². The molecule has 29 heavy (non-hydrogen) atoms. The highest BCUT2D eigenvalue weighted by atomic mass is 35.5. The molecule has 1 N–H and O–H groups in total. The summed E-state index contributed by atoms with van der Waals surface area (Å²) < 4.78 is 14.0. The van der Waals surface area contributed by atoms with Crippen molar-refractivity contribution in [1.82, 2.24) is 9.80 Å². The van der Waals surface area contributed by atoms with Gasteiger partial charge in [0.2, 0.25) is 5.91 Å². The molecule has 0 atom stereocenters. The quantitative estimate of drug-likeness (QED) is 0.799. The monoisotopic (exact) mass is 435 g/mol. The van der Waals surface area contributed by atoms with E-state index in [-0.39, 0.29) is 28.3 Å². The van der Waals surface area contributed by atoms with Gasteiger partial charge in [-0.15, -0.1) is 11.3 Å². The smallest absolute Gasteiger partial charge is 0.264 e. The van der Waals surface area contributed by atoms with Gasteiger partial charge in [0.25, 0.3) is 11.8 Å². The second kappa shape index (κ2) is 8.12. The molecule has 2 fully saturated rings. The summed E-state index contributed by atoms with van der Waals surface area (Å²) in [4.78, 5) is 40.9. The summed E-state index contributed by atoms with van der Waals surface area (Å²) in [6, 6.07) is 7.57. The van der Waals surface area contributed by atoms with Crippen LogP contribution in [0.1, 0.15) is 32.9 Å². The number of halogens is 2. The summed E-state index contributed by atoms with van der Waals surface area (Å²) >= 11 is 7.23. The van der Waals surface area contributed by atoms with E-state index in [2.05, 4.69) is 5.32 Å². The van der Waals surface area contributed by atoms with Crippen molar-refractivity contribution in [2.45, 2.75) is 12.8 Å². The number of thiophene rings is 1. The van der Waals surface area contributed by atoms with E-state index >= 15 is 0 Å². The Kier molecular flexibility index (Phi) is 5.56. The Labute approximate surface area is 176 Å². The molecule has 3 amide bonds. The predicted molar refractivity (Wildman–Crippen MR) is 109 cm³/mol. The van der Waals surface area contributed by atoms with Gasteiger partial charge in [-0.3, -0.25) is 14.4 Å². The first-order valence-corrected chi connectivity index (χ1v) is 10.6. The van der Waals surface area contributed by atoms with Gasteiger partial charge < -0.3 is 15.1 Å². The molecule has 2 aromatic rings. The number of rotatable bonds is 4. The van der Waals surface area contributed by atoms with Gasteiger partial charge in [0.15, 0.2) is 0 Å². The average molecular weight is 436 g/mol. The number of nitrogens with one attached hydrogen (secondary N) is 1. The van der Waals surface area contributed by atoms with Crippen LogP contribution < -0.4 is 5.32 Å². The second-order valence-corrected chi connectivity index (χ2v) is 8.60. The van der Waals surface area contributed by atoms with E-state index in [4.69, 9.17) is 11.6 Å². The first kappa shape index (κ1) is 19.8. The Morgan fingerprint density at radius 3 is 2.28 bits per heavy atom. The van der Waals surface area contributed by atoms with Gasteiger partial charge in [0.1, 0.15) is 5.82 Å². The fraction of sp³-hybridized carbons (Fsp3) is 0.350. The van der Waals surface area contributed by atoms with Crippen LogP contribution in [0.2, 0.25) is 5.02 Å². The zero-order valence-corrected chi connectivity index (χ0v) is 17.1. The molecule has 1 aromatic carbocycles. The first-order valence-electron chi connectivity index (χ1n) is 9.37. The lowest BCUT2D eigenvalue weighted by atomic mass is 10.1. The number of hydrogen-bond donors (Lipinski definition) is 1. The van der Waals surface area contributed by atoms with Crippen LogP contribution >= 0.6 is 22.9 Å². The molecule has 4 rings (SSSR count). The van der Waals surface area contributed by atoms with E-state index in [1.165, 1.54) is 34.4 Å². The third-order valence-electron chi connectivity index (χ3n) is 5.04. The van der Waals surface area contributed by atoms with Crippen LogP contribution in [0.15, 0.2) is 30.3 Å². The highest BCUT2D eigenvalue weighted by molar-refractivity contribution is 7.18. The largest absolute Gasteiger partial charge is 0.335 e. The minimum absolute atomic E-state index is 0.00443. The van der Waals surface area contributed by atoms with Crippen LogP contribution in [-0.2, 0) is 4.79 Å². The Morgan fingerprint density at radius 1 is 1.00 bits per heavy atom. The number of anilines is 1. The lowest BCUT2D eigenvalue weighted by molar-refractivity contribution is -0.117. The number of carbonyl (C=O) groups is 3.